The quantitative estimate of drug-likeness (QED) is 0.281. The number of rotatable bonds is 9. The lowest BCUT2D eigenvalue weighted by Gasteiger charge is -2.16. The van der Waals surface area contributed by atoms with Crippen LogP contribution in [-0.4, -0.2) is 50.6 Å². The highest BCUT2D eigenvalue weighted by atomic mass is 127. The molecule has 0 radical (unpaired) electrons. The van der Waals surface area contributed by atoms with E-state index < -0.39 is 0 Å². The Morgan fingerprint density at radius 2 is 1.86 bits per heavy atom. The van der Waals surface area contributed by atoms with Gasteiger partial charge in [0.2, 0.25) is 0 Å². The van der Waals surface area contributed by atoms with E-state index in [1.165, 1.54) is 5.56 Å². The van der Waals surface area contributed by atoms with E-state index in [0.29, 0.717) is 0 Å². The van der Waals surface area contributed by atoms with E-state index in [1.54, 1.807) is 0 Å². The Morgan fingerprint density at radius 3 is 2.50 bits per heavy atom. The molecular weight excluding hydrogens is 387 g/mol. The number of guanidine groups is 1. The van der Waals surface area contributed by atoms with Gasteiger partial charge in [-0.1, -0.05) is 37.3 Å². The van der Waals surface area contributed by atoms with Gasteiger partial charge in [0.05, 0.1) is 0 Å². The monoisotopic (exact) mass is 418 g/mol. The van der Waals surface area contributed by atoms with Crippen LogP contribution in [0.5, 0.6) is 0 Å². The number of hydrogen-bond acceptors (Lipinski definition) is 2. The van der Waals surface area contributed by atoms with Gasteiger partial charge in [-0.15, -0.1) is 24.0 Å². The summed E-state index contributed by atoms with van der Waals surface area (Å²) in [5.41, 5.74) is 1.38. The lowest BCUT2D eigenvalue weighted by molar-refractivity contribution is 0.357. The van der Waals surface area contributed by atoms with E-state index in [0.717, 1.165) is 51.5 Å². The Kier molecular flexibility index (Phi) is 13.3. The normalized spacial score (nSPS) is 11.2. The molecule has 1 rings (SSSR count). The van der Waals surface area contributed by atoms with E-state index in [9.17, 15) is 0 Å². The summed E-state index contributed by atoms with van der Waals surface area (Å²) in [7, 11) is 2.13. The molecule has 0 aliphatic carbocycles. The minimum atomic E-state index is 0. The van der Waals surface area contributed by atoms with Crippen molar-refractivity contribution in [2.24, 2.45) is 4.99 Å². The van der Waals surface area contributed by atoms with Crippen molar-refractivity contribution in [3.63, 3.8) is 0 Å². The van der Waals surface area contributed by atoms with E-state index in [2.05, 4.69) is 71.8 Å². The van der Waals surface area contributed by atoms with Gasteiger partial charge >= 0.3 is 0 Å². The van der Waals surface area contributed by atoms with Gasteiger partial charge in [-0.25, -0.2) is 0 Å². The molecule has 1 aromatic carbocycles. The second-order valence-corrected chi connectivity index (χ2v) is 5.17. The van der Waals surface area contributed by atoms with Crippen molar-refractivity contribution in [1.29, 1.82) is 0 Å². The zero-order chi connectivity index (χ0) is 15.3. The summed E-state index contributed by atoms with van der Waals surface area (Å²) < 4.78 is 0. The van der Waals surface area contributed by atoms with Crippen molar-refractivity contribution in [3.8, 4) is 0 Å². The standard InChI is InChI=1S/C17H30N4.HI/c1-4-18-17(20-14-15-21(3)5-2)19-13-9-12-16-10-7-6-8-11-16;/h6-8,10-11H,4-5,9,12-15H2,1-3H3,(H2,18,19,20);1H. The highest BCUT2D eigenvalue weighted by molar-refractivity contribution is 14.0. The zero-order valence-electron chi connectivity index (χ0n) is 14.1. The predicted molar refractivity (Wildman–Crippen MR) is 107 cm³/mol. The number of benzene rings is 1. The smallest absolute Gasteiger partial charge is 0.191 e. The number of nitrogens with one attached hydrogen (secondary N) is 2. The van der Waals surface area contributed by atoms with Crippen molar-refractivity contribution in [2.45, 2.75) is 26.7 Å². The third-order valence-electron chi connectivity index (χ3n) is 3.41. The first-order chi connectivity index (χ1) is 10.3. The molecule has 0 atom stereocenters. The Bertz CT molecular complexity index is 395. The summed E-state index contributed by atoms with van der Waals surface area (Å²) in [6.07, 6.45) is 2.16. The Labute approximate surface area is 152 Å². The summed E-state index contributed by atoms with van der Waals surface area (Å²) in [6.45, 7) is 9.05. The highest BCUT2D eigenvalue weighted by Crippen LogP contribution is 2.02. The average Bonchev–Trinajstić information content (AvgIpc) is 2.52. The van der Waals surface area contributed by atoms with Crippen LogP contribution in [0.2, 0.25) is 0 Å². The lowest BCUT2D eigenvalue weighted by atomic mass is 10.1. The fourth-order valence-corrected chi connectivity index (χ4v) is 1.98. The molecule has 4 nitrogen and oxygen atoms in total. The highest BCUT2D eigenvalue weighted by Gasteiger charge is 1.98. The Hall–Kier alpha value is -0.820. The molecule has 0 aromatic heterocycles. The minimum Gasteiger partial charge on any atom is -0.357 e. The topological polar surface area (TPSA) is 39.7 Å². The molecule has 0 fully saturated rings. The van der Waals surface area contributed by atoms with Crippen LogP contribution in [0, 0.1) is 0 Å². The van der Waals surface area contributed by atoms with Crippen LogP contribution in [0.4, 0.5) is 0 Å². The summed E-state index contributed by atoms with van der Waals surface area (Å²) >= 11 is 0. The molecule has 0 bridgehead atoms. The third-order valence-corrected chi connectivity index (χ3v) is 3.41. The largest absolute Gasteiger partial charge is 0.357 e. The van der Waals surface area contributed by atoms with E-state index >= 15 is 0 Å². The average molecular weight is 418 g/mol. The lowest BCUT2D eigenvalue weighted by Crippen LogP contribution is -2.41. The van der Waals surface area contributed by atoms with Crippen molar-refractivity contribution in [2.75, 3.05) is 39.8 Å². The maximum absolute atomic E-state index is 4.63. The molecule has 0 aliphatic rings. The van der Waals surface area contributed by atoms with E-state index in [-0.39, 0.29) is 24.0 Å². The second kappa shape index (κ2) is 13.8. The SMILES string of the molecule is CCNC(=NCCCc1ccccc1)NCCN(C)CC.I. The number of hydrogen-bond donors (Lipinski definition) is 2. The number of aryl methyl sites for hydroxylation is 1. The van der Waals surface area contributed by atoms with Gasteiger partial charge in [-0.2, -0.15) is 0 Å². The van der Waals surface area contributed by atoms with Gasteiger partial charge in [0, 0.05) is 26.2 Å². The Morgan fingerprint density at radius 1 is 1.14 bits per heavy atom. The molecule has 2 N–H and O–H groups in total. The first kappa shape index (κ1) is 21.2. The molecule has 0 aliphatic heterocycles. The third kappa shape index (κ3) is 10.00. The van der Waals surface area contributed by atoms with E-state index in [4.69, 9.17) is 0 Å². The second-order valence-electron chi connectivity index (χ2n) is 5.17. The molecule has 0 unspecified atom stereocenters. The van der Waals surface area contributed by atoms with Gasteiger partial charge in [-0.05, 0) is 38.9 Å². The molecular formula is C17H31IN4. The zero-order valence-corrected chi connectivity index (χ0v) is 16.5. The van der Waals surface area contributed by atoms with Crippen molar-refractivity contribution < 1.29 is 0 Å². The van der Waals surface area contributed by atoms with Gasteiger partial charge in [0.15, 0.2) is 5.96 Å². The van der Waals surface area contributed by atoms with Gasteiger partial charge in [-0.3, -0.25) is 4.99 Å². The molecule has 0 spiro atoms. The van der Waals surface area contributed by atoms with Gasteiger partial charge in [0.25, 0.3) is 0 Å². The van der Waals surface area contributed by atoms with Crippen LogP contribution in [0.1, 0.15) is 25.8 Å². The molecule has 0 saturated heterocycles. The van der Waals surface area contributed by atoms with Crippen molar-refractivity contribution in [1.82, 2.24) is 15.5 Å². The number of nitrogens with zero attached hydrogens (tertiary/aromatic N) is 2. The van der Waals surface area contributed by atoms with Crippen LogP contribution < -0.4 is 10.6 Å². The van der Waals surface area contributed by atoms with E-state index in [1.807, 2.05) is 0 Å². The van der Waals surface area contributed by atoms with Crippen LogP contribution in [0.3, 0.4) is 0 Å². The summed E-state index contributed by atoms with van der Waals surface area (Å²) in [6, 6.07) is 10.6. The van der Waals surface area contributed by atoms with Crippen LogP contribution in [0.25, 0.3) is 0 Å². The molecule has 0 amide bonds. The summed E-state index contributed by atoms with van der Waals surface area (Å²) in [5.74, 6) is 0.926. The first-order valence-corrected chi connectivity index (χ1v) is 8.01. The van der Waals surface area contributed by atoms with Gasteiger partial charge in [0.1, 0.15) is 0 Å². The van der Waals surface area contributed by atoms with Crippen molar-refractivity contribution in [3.05, 3.63) is 35.9 Å². The molecule has 1 aromatic rings. The maximum Gasteiger partial charge on any atom is 0.191 e. The molecule has 126 valence electrons. The number of aliphatic imine (C=N–C) groups is 1. The van der Waals surface area contributed by atoms with Crippen LogP contribution in [0.15, 0.2) is 35.3 Å². The predicted octanol–water partition coefficient (Wildman–Crippen LogP) is 2.74. The minimum absolute atomic E-state index is 0. The fourth-order valence-electron chi connectivity index (χ4n) is 1.98. The molecule has 22 heavy (non-hydrogen) atoms. The maximum atomic E-state index is 4.63. The van der Waals surface area contributed by atoms with Gasteiger partial charge < -0.3 is 15.5 Å². The fraction of sp³-hybridized carbons (Fsp3) is 0.588. The van der Waals surface area contributed by atoms with Crippen LogP contribution >= 0.6 is 24.0 Å². The first-order valence-electron chi connectivity index (χ1n) is 8.01. The molecule has 0 heterocycles. The Balaban J connectivity index is 0.00000441. The van der Waals surface area contributed by atoms with Crippen molar-refractivity contribution >= 4 is 29.9 Å². The summed E-state index contributed by atoms with van der Waals surface area (Å²) in [4.78, 5) is 6.91. The molecule has 0 saturated carbocycles. The molecule has 5 heteroatoms. The number of likely N-dealkylation sites (N-methyl/N-ethyl adjacent to an activating group) is 1. The number of halogens is 1. The summed E-state index contributed by atoms with van der Waals surface area (Å²) in [5, 5.41) is 6.68. The van der Waals surface area contributed by atoms with Crippen LogP contribution in [-0.2, 0) is 6.42 Å².